The zero-order valence-electron chi connectivity index (χ0n) is 9.70. The summed E-state index contributed by atoms with van der Waals surface area (Å²) in [5.41, 5.74) is 0. The van der Waals surface area contributed by atoms with Crippen molar-refractivity contribution in [2.45, 2.75) is 32.7 Å². The minimum absolute atomic E-state index is 0.127. The molecule has 1 saturated heterocycles. The van der Waals surface area contributed by atoms with Gasteiger partial charge in [-0.3, -0.25) is 9.69 Å². The molecular weight excluding hydrogens is 194 g/mol. The monoisotopic (exact) mass is 215 g/mol. The number of esters is 1. The molecule has 1 heterocycles. The van der Waals surface area contributed by atoms with E-state index in [0.29, 0.717) is 19.2 Å². The lowest BCUT2D eigenvalue weighted by Crippen LogP contribution is -2.40. The van der Waals surface area contributed by atoms with E-state index in [1.165, 1.54) is 0 Å². The SMILES string of the molecule is CCCN(CC(=O)OCC)C1CCOC1. The molecule has 1 atom stereocenters. The van der Waals surface area contributed by atoms with Crippen LogP contribution < -0.4 is 0 Å². The number of nitrogens with zero attached hydrogens (tertiary/aromatic N) is 1. The van der Waals surface area contributed by atoms with Gasteiger partial charge in [0, 0.05) is 12.6 Å². The highest BCUT2D eigenvalue weighted by molar-refractivity contribution is 5.71. The highest BCUT2D eigenvalue weighted by Crippen LogP contribution is 2.12. The Morgan fingerprint density at radius 3 is 2.87 bits per heavy atom. The molecule has 1 unspecified atom stereocenters. The van der Waals surface area contributed by atoms with Gasteiger partial charge >= 0.3 is 5.97 Å². The lowest BCUT2D eigenvalue weighted by molar-refractivity contribution is -0.145. The van der Waals surface area contributed by atoms with E-state index in [-0.39, 0.29) is 5.97 Å². The second-order valence-corrected chi connectivity index (χ2v) is 3.79. The fourth-order valence-corrected chi connectivity index (χ4v) is 1.86. The minimum Gasteiger partial charge on any atom is -0.465 e. The Morgan fingerprint density at radius 2 is 2.33 bits per heavy atom. The molecule has 0 amide bonds. The molecule has 4 nitrogen and oxygen atoms in total. The molecule has 1 fully saturated rings. The molecule has 15 heavy (non-hydrogen) atoms. The van der Waals surface area contributed by atoms with E-state index in [1.54, 1.807) is 0 Å². The second-order valence-electron chi connectivity index (χ2n) is 3.79. The molecule has 0 N–H and O–H groups in total. The van der Waals surface area contributed by atoms with E-state index in [2.05, 4.69) is 11.8 Å². The highest BCUT2D eigenvalue weighted by Gasteiger charge is 2.24. The van der Waals surface area contributed by atoms with Crippen LogP contribution in [-0.2, 0) is 14.3 Å². The Labute approximate surface area is 91.5 Å². The summed E-state index contributed by atoms with van der Waals surface area (Å²) < 4.78 is 10.3. The van der Waals surface area contributed by atoms with Gasteiger partial charge in [-0.1, -0.05) is 6.92 Å². The summed E-state index contributed by atoms with van der Waals surface area (Å²) >= 11 is 0. The van der Waals surface area contributed by atoms with Crippen molar-refractivity contribution in [3.05, 3.63) is 0 Å². The van der Waals surface area contributed by atoms with E-state index < -0.39 is 0 Å². The molecule has 1 rings (SSSR count). The number of carbonyl (C=O) groups is 1. The number of hydrogen-bond acceptors (Lipinski definition) is 4. The van der Waals surface area contributed by atoms with Crippen molar-refractivity contribution >= 4 is 5.97 Å². The molecule has 0 aliphatic carbocycles. The fraction of sp³-hybridized carbons (Fsp3) is 0.909. The van der Waals surface area contributed by atoms with Crippen LogP contribution in [0.25, 0.3) is 0 Å². The first kappa shape index (κ1) is 12.5. The van der Waals surface area contributed by atoms with Crippen molar-refractivity contribution in [1.29, 1.82) is 0 Å². The normalized spacial score (nSPS) is 20.9. The van der Waals surface area contributed by atoms with Crippen LogP contribution in [0.2, 0.25) is 0 Å². The van der Waals surface area contributed by atoms with Gasteiger partial charge in [0.25, 0.3) is 0 Å². The number of rotatable bonds is 6. The predicted molar refractivity (Wildman–Crippen MR) is 57.7 cm³/mol. The third-order valence-corrected chi connectivity index (χ3v) is 2.57. The van der Waals surface area contributed by atoms with Crippen molar-refractivity contribution in [3.63, 3.8) is 0 Å². The van der Waals surface area contributed by atoms with Crippen molar-refractivity contribution in [2.75, 3.05) is 32.9 Å². The zero-order valence-corrected chi connectivity index (χ0v) is 9.70. The Bertz CT molecular complexity index is 190. The van der Waals surface area contributed by atoms with Crippen LogP contribution in [0.15, 0.2) is 0 Å². The van der Waals surface area contributed by atoms with Crippen LogP contribution in [0.5, 0.6) is 0 Å². The standard InChI is InChI=1S/C11H21NO3/c1-3-6-12(8-11(13)15-4-2)10-5-7-14-9-10/h10H,3-9H2,1-2H3. The Hall–Kier alpha value is -0.610. The van der Waals surface area contributed by atoms with Crippen LogP contribution in [0, 0.1) is 0 Å². The average Bonchev–Trinajstić information content (AvgIpc) is 2.70. The van der Waals surface area contributed by atoms with Crippen molar-refractivity contribution in [3.8, 4) is 0 Å². The third-order valence-electron chi connectivity index (χ3n) is 2.57. The van der Waals surface area contributed by atoms with Gasteiger partial charge in [0.05, 0.1) is 19.8 Å². The summed E-state index contributed by atoms with van der Waals surface area (Å²) in [6.45, 7) is 7.31. The topological polar surface area (TPSA) is 38.8 Å². The molecule has 0 aromatic carbocycles. The molecule has 88 valence electrons. The summed E-state index contributed by atoms with van der Waals surface area (Å²) in [6.07, 6.45) is 2.08. The van der Waals surface area contributed by atoms with Gasteiger partial charge in [-0.2, -0.15) is 0 Å². The minimum atomic E-state index is -0.127. The largest absolute Gasteiger partial charge is 0.465 e. The first-order valence-corrected chi connectivity index (χ1v) is 5.75. The molecule has 0 saturated carbocycles. The maximum Gasteiger partial charge on any atom is 0.320 e. The van der Waals surface area contributed by atoms with E-state index >= 15 is 0 Å². The highest BCUT2D eigenvalue weighted by atomic mass is 16.5. The molecule has 0 bridgehead atoms. The molecule has 1 aliphatic heterocycles. The quantitative estimate of drug-likeness (QED) is 0.621. The van der Waals surface area contributed by atoms with Crippen molar-refractivity contribution in [1.82, 2.24) is 4.90 Å². The second kappa shape index (κ2) is 6.80. The number of carbonyl (C=O) groups excluding carboxylic acids is 1. The number of ether oxygens (including phenoxy) is 2. The summed E-state index contributed by atoms with van der Waals surface area (Å²) in [6, 6.07) is 0.398. The van der Waals surface area contributed by atoms with Crippen LogP contribution >= 0.6 is 0 Å². The molecule has 1 aliphatic rings. The fourth-order valence-electron chi connectivity index (χ4n) is 1.86. The molecule has 0 spiro atoms. The Balaban J connectivity index is 2.38. The van der Waals surface area contributed by atoms with E-state index in [9.17, 15) is 4.79 Å². The number of hydrogen-bond donors (Lipinski definition) is 0. The van der Waals surface area contributed by atoms with Crippen molar-refractivity contribution in [2.24, 2.45) is 0 Å². The first-order chi connectivity index (χ1) is 7.27. The predicted octanol–water partition coefficient (Wildman–Crippen LogP) is 1.05. The third kappa shape index (κ3) is 4.18. The van der Waals surface area contributed by atoms with E-state index in [1.807, 2.05) is 6.92 Å². The molecule has 0 aromatic rings. The average molecular weight is 215 g/mol. The Morgan fingerprint density at radius 1 is 1.53 bits per heavy atom. The van der Waals surface area contributed by atoms with Gasteiger partial charge in [0.15, 0.2) is 0 Å². The lowest BCUT2D eigenvalue weighted by atomic mass is 10.2. The van der Waals surface area contributed by atoms with Crippen LogP contribution in [0.3, 0.4) is 0 Å². The van der Waals surface area contributed by atoms with Crippen LogP contribution in [0.4, 0.5) is 0 Å². The van der Waals surface area contributed by atoms with Gasteiger partial charge in [-0.05, 0) is 26.3 Å². The molecule has 0 aromatic heterocycles. The molecular formula is C11H21NO3. The van der Waals surface area contributed by atoms with Crippen molar-refractivity contribution < 1.29 is 14.3 Å². The maximum atomic E-state index is 11.4. The van der Waals surface area contributed by atoms with E-state index in [0.717, 1.165) is 32.6 Å². The molecule has 4 heteroatoms. The first-order valence-electron chi connectivity index (χ1n) is 5.75. The van der Waals surface area contributed by atoms with Gasteiger partial charge in [0.2, 0.25) is 0 Å². The van der Waals surface area contributed by atoms with E-state index in [4.69, 9.17) is 9.47 Å². The molecule has 0 radical (unpaired) electrons. The zero-order chi connectivity index (χ0) is 11.1. The van der Waals surface area contributed by atoms with Gasteiger partial charge in [-0.15, -0.1) is 0 Å². The summed E-state index contributed by atoms with van der Waals surface area (Å²) in [7, 11) is 0. The lowest BCUT2D eigenvalue weighted by Gasteiger charge is -2.26. The van der Waals surface area contributed by atoms with Gasteiger partial charge in [0.1, 0.15) is 0 Å². The smallest absolute Gasteiger partial charge is 0.320 e. The summed E-state index contributed by atoms with van der Waals surface area (Å²) in [5, 5.41) is 0. The maximum absolute atomic E-state index is 11.4. The summed E-state index contributed by atoms with van der Waals surface area (Å²) in [5.74, 6) is -0.127. The summed E-state index contributed by atoms with van der Waals surface area (Å²) in [4.78, 5) is 13.6. The van der Waals surface area contributed by atoms with Crippen LogP contribution in [0.1, 0.15) is 26.7 Å². The van der Waals surface area contributed by atoms with Gasteiger partial charge < -0.3 is 9.47 Å². The van der Waals surface area contributed by atoms with Crippen LogP contribution in [-0.4, -0.2) is 49.8 Å². The Kier molecular flexibility index (Phi) is 5.65. The van der Waals surface area contributed by atoms with Gasteiger partial charge in [-0.25, -0.2) is 0 Å².